The molecule has 7 nitrogen and oxygen atoms in total. The molecule has 1 atom stereocenters. The van der Waals surface area contributed by atoms with Gasteiger partial charge in [-0.15, -0.1) is 13.2 Å². The molecule has 0 spiro atoms. The summed E-state index contributed by atoms with van der Waals surface area (Å²) in [6, 6.07) is 3.85. The zero-order valence-electron chi connectivity index (χ0n) is 16.1. The van der Waals surface area contributed by atoms with E-state index < -0.39 is 22.1 Å². The highest BCUT2D eigenvalue weighted by Gasteiger charge is 2.34. The second-order valence-corrected chi connectivity index (χ2v) is 9.11. The third kappa shape index (κ3) is 5.20. The third-order valence-electron chi connectivity index (χ3n) is 5.29. The molecule has 0 unspecified atom stereocenters. The van der Waals surface area contributed by atoms with Gasteiger partial charge in [-0.25, -0.2) is 8.42 Å². The van der Waals surface area contributed by atoms with Gasteiger partial charge in [0.05, 0.1) is 10.9 Å². The Morgan fingerprint density at radius 2 is 1.55 bits per heavy atom. The monoisotopic (exact) mass is 435 g/mol. The van der Waals surface area contributed by atoms with Gasteiger partial charge < -0.3 is 9.64 Å². The Morgan fingerprint density at radius 1 is 1.00 bits per heavy atom. The van der Waals surface area contributed by atoms with E-state index in [4.69, 9.17) is 0 Å². The van der Waals surface area contributed by atoms with Gasteiger partial charge in [-0.3, -0.25) is 9.69 Å². The number of benzene rings is 1. The fraction of sp³-hybridized carbons (Fsp3) is 0.611. The fourth-order valence-corrected chi connectivity index (χ4v) is 5.07. The van der Waals surface area contributed by atoms with Crippen LogP contribution in [0.25, 0.3) is 0 Å². The molecular formula is C18H24F3N3O4S. The molecule has 2 heterocycles. The standard InChI is InChI=1S/C18H24F3N3O4S/c1-14(17(25)23-8-2-3-9-23)22-10-12-24(13-11-22)29(26,27)16-6-4-15(5-7-16)28-18(19,20)21/h4-7,14H,2-3,8-13H2,1H3/t14-/m1/s1. The summed E-state index contributed by atoms with van der Waals surface area (Å²) in [7, 11) is -3.83. The van der Waals surface area contributed by atoms with E-state index in [1.807, 2.05) is 16.7 Å². The van der Waals surface area contributed by atoms with Crippen molar-refractivity contribution in [1.82, 2.24) is 14.1 Å². The van der Waals surface area contributed by atoms with Gasteiger partial charge in [0.2, 0.25) is 15.9 Å². The smallest absolute Gasteiger partial charge is 0.406 e. The van der Waals surface area contributed by atoms with Gasteiger partial charge in [0.1, 0.15) is 5.75 Å². The molecule has 0 saturated carbocycles. The minimum Gasteiger partial charge on any atom is -0.406 e. The van der Waals surface area contributed by atoms with Gasteiger partial charge in [0.15, 0.2) is 0 Å². The Labute approximate surface area is 168 Å². The van der Waals surface area contributed by atoms with Gasteiger partial charge in [-0.2, -0.15) is 4.31 Å². The first-order chi connectivity index (χ1) is 13.6. The van der Waals surface area contributed by atoms with Crippen LogP contribution in [0.1, 0.15) is 19.8 Å². The molecule has 0 aliphatic carbocycles. The number of amides is 1. The number of carbonyl (C=O) groups excluding carboxylic acids is 1. The van der Waals surface area contributed by atoms with Crippen LogP contribution in [-0.4, -0.2) is 80.1 Å². The van der Waals surface area contributed by atoms with E-state index in [-0.39, 0.29) is 29.9 Å². The van der Waals surface area contributed by atoms with Crippen molar-refractivity contribution in [2.75, 3.05) is 39.3 Å². The number of alkyl halides is 3. The van der Waals surface area contributed by atoms with Crippen molar-refractivity contribution in [2.45, 2.75) is 37.1 Å². The van der Waals surface area contributed by atoms with Crippen molar-refractivity contribution in [3.05, 3.63) is 24.3 Å². The minimum atomic E-state index is -4.83. The average Bonchev–Trinajstić information content (AvgIpc) is 3.21. The van der Waals surface area contributed by atoms with Crippen molar-refractivity contribution in [1.29, 1.82) is 0 Å². The number of nitrogens with zero attached hydrogens (tertiary/aromatic N) is 3. The van der Waals surface area contributed by atoms with Gasteiger partial charge in [-0.1, -0.05) is 0 Å². The first-order valence-electron chi connectivity index (χ1n) is 9.47. The van der Waals surface area contributed by atoms with Crippen molar-refractivity contribution < 1.29 is 31.1 Å². The van der Waals surface area contributed by atoms with E-state index in [0.717, 1.165) is 50.2 Å². The van der Waals surface area contributed by atoms with Crippen LogP contribution >= 0.6 is 0 Å². The largest absolute Gasteiger partial charge is 0.573 e. The second kappa shape index (κ2) is 8.49. The molecule has 29 heavy (non-hydrogen) atoms. The van der Waals surface area contributed by atoms with E-state index in [9.17, 15) is 26.4 Å². The van der Waals surface area contributed by atoms with Gasteiger partial charge >= 0.3 is 6.36 Å². The summed E-state index contributed by atoms with van der Waals surface area (Å²) in [5, 5.41) is 0. The number of piperazine rings is 1. The zero-order chi connectivity index (χ0) is 21.2. The van der Waals surface area contributed by atoms with Gasteiger partial charge in [0.25, 0.3) is 0 Å². The molecule has 1 amide bonds. The van der Waals surface area contributed by atoms with Crippen LogP contribution in [0.2, 0.25) is 0 Å². The number of carbonyl (C=O) groups is 1. The van der Waals surface area contributed by atoms with E-state index in [1.165, 1.54) is 4.31 Å². The summed E-state index contributed by atoms with van der Waals surface area (Å²) in [6.45, 7) is 4.62. The number of hydrogen-bond donors (Lipinski definition) is 0. The van der Waals surface area contributed by atoms with Crippen molar-refractivity contribution in [3.63, 3.8) is 0 Å². The fourth-order valence-electron chi connectivity index (χ4n) is 3.65. The van der Waals surface area contributed by atoms with E-state index in [0.29, 0.717) is 13.1 Å². The molecule has 2 aliphatic heterocycles. The Morgan fingerprint density at radius 3 is 2.07 bits per heavy atom. The number of ether oxygens (including phenoxy) is 1. The quantitative estimate of drug-likeness (QED) is 0.707. The predicted octanol–water partition coefficient (Wildman–Crippen LogP) is 1.90. The number of halogens is 3. The molecular weight excluding hydrogens is 411 g/mol. The number of likely N-dealkylation sites (tertiary alicyclic amines) is 1. The molecule has 2 fully saturated rings. The van der Waals surface area contributed by atoms with Gasteiger partial charge in [0, 0.05) is 39.3 Å². The third-order valence-corrected chi connectivity index (χ3v) is 7.20. The van der Waals surface area contributed by atoms with E-state index >= 15 is 0 Å². The van der Waals surface area contributed by atoms with Crippen molar-refractivity contribution in [2.24, 2.45) is 0 Å². The Bertz CT molecular complexity index is 816. The van der Waals surface area contributed by atoms with Gasteiger partial charge in [-0.05, 0) is 44.0 Å². The maximum atomic E-state index is 12.8. The Balaban J connectivity index is 1.60. The van der Waals surface area contributed by atoms with Crippen LogP contribution in [0.15, 0.2) is 29.2 Å². The molecule has 11 heteroatoms. The normalized spacial score (nSPS) is 20.6. The lowest BCUT2D eigenvalue weighted by Gasteiger charge is -2.37. The Kier molecular flexibility index (Phi) is 6.39. The molecule has 1 aromatic rings. The molecule has 2 aliphatic rings. The van der Waals surface area contributed by atoms with Crippen LogP contribution in [0.4, 0.5) is 13.2 Å². The topological polar surface area (TPSA) is 70.2 Å². The summed E-state index contributed by atoms with van der Waals surface area (Å²) in [5.41, 5.74) is 0. The van der Waals surface area contributed by atoms with E-state index in [2.05, 4.69) is 4.74 Å². The molecule has 0 radical (unpaired) electrons. The summed E-state index contributed by atoms with van der Waals surface area (Å²) in [4.78, 5) is 16.3. The van der Waals surface area contributed by atoms with Crippen LogP contribution < -0.4 is 4.74 Å². The predicted molar refractivity (Wildman–Crippen MR) is 98.7 cm³/mol. The highest BCUT2D eigenvalue weighted by molar-refractivity contribution is 7.89. The lowest BCUT2D eigenvalue weighted by atomic mass is 10.2. The molecule has 0 aromatic heterocycles. The maximum absolute atomic E-state index is 12.8. The maximum Gasteiger partial charge on any atom is 0.573 e. The van der Waals surface area contributed by atoms with Crippen molar-refractivity contribution in [3.8, 4) is 5.75 Å². The summed E-state index contributed by atoms with van der Waals surface area (Å²) in [5.74, 6) is -0.408. The number of rotatable bonds is 5. The highest BCUT2D eigenvalue weighted by atomic mass is 32.2. The first-order valence-corrected chi connectivity index (χ1v) is 10.9. The SMILES string of the molecule is C[C@H](C(=O)N1CCCC1)N1CCN(S(=O)(=O)c2ccc(OC(F)(F)F)cc2)CC1. The van der Waals surface area contributed by atoms with Crippen LogP contribution in [0, 0.1) is 0 Å². The van der Waals surface area contributed by atoms with E-state index in [1.54, 1.807) is 0 Å². The van der Waals surface area contributed by atoms with Crippen LogP contribution in [-0.2, 0) is 14.8 Å². The summed E-state index contributed by atoms with van der Waals surface area (Å²) in [6.07, 6.45) is -2.81. The number of sulfonamides is 1. The molecule has 0 N–H and O–H groups in total. The minimum absolute atomic E-state index is 0.0686. The first kappa shape index (κ1) is 21.8. The molecule has 0 bridgehead atoms. The number of hydrogen-bond acceptors (Lipinski definition) is 5. The average molecular weight is 435 g/mol. The van der Waals surface area contributed by atoms with Crippen LogP contribution in [0.5, 0.6) is 5.75 Å². The Hall–Kier alpha value is -1.85. The summed E-state index contributed by atoms with van der Waals surface area (Å²) < 4.78 is 67.3. The highest BCUT2D eigenvalue weighted by Crippen LogP contribution is 2.25. The second-order valence-electron chi connectivity index (χ2n) is 7.17. The lowest BCUT2D eigenvalue weighted by Crippen LogP contribution is -2.55. The lowest BCUT2D eigenvalue weighted by molar-refractivity contribution is -0.274. The molecule has 1 aromatic carbocycles. The van der Waals surface area contributed by atoms with Crippen LogP contribution in [0.3, 0.4) is 0 Å². The summed E-state index contributed by atoms with van der Waals surface area (Å²) >= 11 is 0. The molecule has 2 saturated heterocycles. The molecule has 3 rings (SSSR count). The zero-order valence-corrected chi connectivity index (χ0v) is 16.9. The van der Waals surface area contributed by atoms with Crippen molar-refractivity contribution >= 4 is 15.9 Å². The molecule has 162 valence electrons.